The van der Waals surface area contributed by atoms with Gasteiger partial charge in [0.2, 0.25) is 11.8 Å². The Kier molecular flexibility index (Phi) is 3.98. The molecule has 1 aliphatic heterocycles. The number of hydrogen-bond donors (Lipinski definition) is 1. The lowest BCUT2D eigenvalue weighted by Crippen LogP contribution is -2.65. The van der Waals surface area contributed by atoms with Crippen LogP contribution in [-0.2, 0) is 16.1 Å². The summed E-state index contributed by atoms with van der Waals surface area (Å²) in [5, 5.41) is 2.76. The van der Waals surface area contributed by atoms with Crippen molar-refractivity contribution in [2.24, 2.45) is 5.41 Å². The molecule has 0 aromatic carbocycles. The molecule has 2 amide bonds. The highest BCUT2D eigenvalue weighted by Gasteiger charge is 2.43. The van der Waals surface area contributed by atoms with Crippen molar-refractivity contribution in [3.05, 3.63) is 29.8 Å². The molecule has 1 fully saturated rings. The van der Waals surface area contributed by atoms with E-state index in [1.807, 2.05) is 20.8 Å². The number of aromatic nitrogens is 1. The van der Waals surface area contributed by atoms with E-state index < -0.39 is 17.9 Å². The second kappa shape index (κ2) is 5.42. The van der Waals surface area contributed by atoms with Crippen molar-refractivity contribution in [3.8, 4) is 0 Å². The van der Waals surface area contributed by atoms with Gasteiger partial charge in [-0.05, 0) is 24.0 Å². The van der Waals surface area contributed by atoms with E-state index in [1.165, 1.54) is 17.2 Å². The molecule has 1 aromatic heterocycles. The molecule has 1 aliphatic rings. The van der Waals surface area contributed by atoms with Crippen molar-refractivity contribution in [3.63, 3.8) is 0 Å². The maximum Gasteiger partial charge on any atom is 0.246 e. The molecule has 0 bridgehead atoms. The van der Waals surface area contributed by atoms with Crippen molar-refractivity contribution < 1.29 is 14.0 Å². The number of nitrogens with zero attached hydrogens (tertiary/aromatic N) is 2. The highest BCUT2D eigenvalue weighted by atomic mass is 19.1. The van der Waals surface area contributed by atoms with E-state index in [-0.39, 0.29) is 23.8 Å². The average Bonchev–Trinajstić information content (AvgIpc) is 2.37. The Bertz CT molecular complexity index is 568. The number of nitrogens with one attached hydrogen (secondary N) is 1. The van der Waals surface area contributed by atoms with Crippen LogP contribution in [0.3, 0.4) is 0 Å². The monoisotopic (exact) mass is 293 g/mol. The van der Waals surface area contributed by atoms with Gasteiger partial charge in [-0.3, -0.25) is 14.6 Å². The number of halogens is 1. The van der Waals surface area contributed by atoms with Crippen molar-refractivity contribution in [1.29, 1.82) is 0 Å². The van der Waals surface area contributed by atoms with Crippen LogP contribution in [0.15, 0.2) is 18.5 Å². The lowest BCUT2D eigenvalue weighted by Gasteiger charge is -2.42. The summed E-state index contributed by atoms with van der Waals surface area (Å²) in [6, 6.07) is 0.160. The smallest absolute Gasteiger partial charge is 0.246 e. The molecular formula is C15H20FN3O2. The molecule has 1 aromatic rings. The van der Waals surface area contributed by atoms with E-state index in [9.17, 15) is 14.0 Å². The molecule has 114 valence electrons. The minimum atomic E-state index is -0.584. The second-order valence-corrected chi connectivity index (χ2v) is 6.46. The quantitative estimate of drug-likeness (QED) is 0.898. The van der Waals surface area contributed by atoms with Gasteiger partial charge in [0.25, 0.3) is 0 Å². The maximum atomic E-state index is 13.2. The number of pyridine rings is 1. The molecule has 0 aliphatic carbocycles. The Morgan fingerprint density at radius 3 is 2.57 bits per heavy atom. The zero-order chi connectivity index (χ0) is 15.8. The third-order valence-corrected chi connectivity index (χ3v) is 3.64. The Labute approximate surface area is 123 Å². The lowest BCUT2D eigenvalue weighted by molar-refractivity contribution is -0.152. The van der Waals surface area contributed by atoms with Crippen LogP contribution in [0, 0.1) is 11.2 Å². The van der Waals surface area contributed by atoms with Gasteiger partial charge in [0, 0.05) is 12.7 Å². The van der Waals surface area contributed by atoms with Crippen LogP contribution in [0.4, 0.5) is 4.39 Å². The third kappa shape index (κ3) is 3.20. The Morgan fingerprint density at radius 1 is 1.33 bits per heavy atom. The van der Waals surface area contributed by atoms with Gasteiger partial charge in [-0.15, -0.1) is 0 Å². The van der Waals surface area contributed by atoms with Crippen molar-refractivity contribution in [2.45, 2.75) is 46.3 Å². The first-order valence-electron chi connectivity index (χ1n) is 6.90. The molecule has 2 atom stereocenters. The van der Waals surface area contributed by atoms with E-state index in [0.29, 0.717) is 5.56 Å². The molecule has 21 heavy (non-hydrogen) atoms. The third-order valence-electron chi connectivity index (χ3n) is 3.64. The average molecular weight is 293 g/mol. The summed E-state index contributed by atoms with van der Waals surface area (Å²) in [7, 11) is 0. The van der Waals surface area contributed by atoms with Crippen molar-refractivity contribution in [1.82, 2.24) is 15.2 Å². The minimum absolute atomic E-state index is 0.154. The van der Waals surface area contributed by atoms with Gasteiger partial charge in [0.15, 0.2) is 0 Å². The number of hydrogen-bond acceptors (Lipinski definition) is 3. The highest BCUT2D eigenvalue weighted by Crippen LogP contribution is 2.26. The first-order chi connectivity index (χ1) is 9.70. The maximum absolute atomic E-state index is 13.2. The number of piperazine rings is 1. The van der Waals surface area contributed by atoms with Crippen LogP contribution in [0.2, 0.25) is 0 Å². The summed E-state index contributed by atoms with van der Waals surface area (Å²) in [4.78, 5) is 29.9. The lowest BCUT2D eigenvalue weighted by atomic mass is 9.84. The standard InChI is InChI=1S/C15H20FN3O2/c1-9-13(20)18-12(15(2,3)4)14(21)19(9)8-10-5-11(16)7-17-6-10/h5-7,9,12H,8H2,1-4H3,(H,18,20). The molecular weight excluding hydrogens is 273 g/mol. The molecule has 0 spiro atoms. The van der Waals surface area contributed by atoms with E-state index in [0.717, 1.165) is 6.20 Å². The molecule has 0 radical (unpaired) electrons. The van der Waals surface area contributed by atoms with Crippen molar-refractivity contribution in [2.75, 3.05) is 0 Å². The number of carbonyl (C=O) groups is 2. The number of amides is 2. The summed E-state index contributed by atoms with van der Waals surface area (Å²) in [5.41, 5.74) is 0.184. The van der Waals surface area contributed by atoms with Gasteiger partial charge in [-0.2, -0.15) is 0 Å². The van der Waals surface area contributed by atoms with Gasteiger partial charge in [-0.25, -0.2) is 4.39 Å². The van der Waals surface area contributed by atoms with Gasteiger partial charge < -0.3 is 10.2 Å². The van der Waals surface area contributed by atoms with Gasteiger partial charge in [0.1, 0.15) is 17.9 Å². The van der Waals surface area contributed by atoms with Gasteiger partial charge in [0.05, 0.1) is 6.20 Å². The molecule has 2 unspecified atom stereocenters. The largest absolute Gasteiger partial charge is 0.342 e. The van der Waals surface area contributed by atoms with E-state index in [2.05, 4.69) is 10.3 Å². The highest BCUT2D eigenvalue weighted by molar-refractivity contribution is 5.97. The Morgan fingerprint density at radius 2 is 2.00 bits per heavy atom. The van der Waals surface area contributed by atoms with Crippen molar-refractivity contribution >= 4 is 11.8 Å². The first-order valence-corrected chi connectivity index (χ1v) is 6.90. The second-order valence-electron chi connectivity index (χ2n) is 6.46. The normalized spacial score (nSPS) is 23.2. The minimum Gasteiger partial charge on any atom is -0.342 e. The van der Waals surface area contributed by atoms with Crippen LogP contribution >= 0.6 is 0 Å². The van der Waals surface area contributed by atoms with Gasteiger partial charge >= 0.3 is 0 Å². The van der Waals surface area contributed by atoms with Crippen LogP contribution in [0.1, 0.15) is 33.3 Å². The summed E-state index contributed by atoms with van der Waals surface area (Å²) in [6.07, 6.45) is 2.61. The number of carbonyl (C=O) groups excluding carboxylic acids is 2. The van der Waals surface area contributed by atoms with Gasteiger partial charge in [-0.1, -0.05) is 20.8 Å². The molecule has 6 heteroatoms. The molecule has 5 nitrogen and oxygen atoms in total. The molecule has 0 saturated carbocycles. The Hall–Kier alpha value is -1.98. The molecule has 1 saturated heterocycles. The zero-order valence-electron chi connectivity index (χ0n) is 12.7. The fourth-order valence-corrected chi connectivity index (χ4v) is 2.36. The first kappa shape index (κ1) is 15.4. The predicted molar refractivity (Wildman–Crippen MR) is 75.6 cm³/mol. The van der Waals surface area contributed by atoms with E-state index >= 15 is 0 Å². The fourth-order valence-electron chi connectivity index (χ4n) is 2.36. The van der Waals surface area contributed by atoms with Crippen LogP contribution < -0.4 is 5.32 Å². The number of rotatable bonds is 2. The molecule has 1 N–H and O–H groups in total. The summed E-state index contributed by atoms with van der Waals surface area (Å²) in [5.74, 6) is -0.806. The van der Waals surface area contributed by atoms with Crippen LogP contribution in [-0.4, -0.2) is 33.8 Å². The predicted octanol–water partition coefficient (Wildman–Crippen LogP) is 1.48. The van der Waals surface area contributed by atoms with Crippen LogP contribution in [0.5, 0.6) is 0 Å². The van der Waals surface area contributed by atoms with Crippen LogP contribution in [0.25, 0.3) is 0 Å². The summed E-state index contributed by atoms with van der Waals surface area (Å²) < 4.78 is 13.2. The Balaban J connectivity index is 2.27. The SMILES string of the molecule is CC1C(=O)NC(C(C)(C)C)C(=O)N1Cc1cncc(F)c1. The summed E-state index contributed by atoms with van der Waals surface area (Å²) >= 11 is 0. The summed E-state index contributed by atoms with van der Waals surface area (Å²) in [6.45, 7) is 7.53. The topological polar surface area (TPSA) is 62.3 Å². The fraction of sp³-hybridized carbons (Fsp3) is 0.533. The molecule has 2 rings (SSSR count). The van der Waals surface area contributed by atoms with E-state index in [4.69, 9.17) is 0 Å². The molecule has 2 heterocycles. The van der Waals surface area contributed by atoms with E-state index in [1.54, 1.807) is 6.92 Å². The zero-order valence-corrected chi connectivity index (χ0v) is 12.7.